The largest absolute Gasteiger partial charge is 0.313 e. The lowest BCUT2D eigenvalue weighted by Gasteiger charge is -2.21. The molecule has 0 aliphatic rings. The van der Waals surface area contributed by atoms with Gasteiger partial charge < -0.3 is 5.32 Å². The summed E-state index contributed by atoms with van der Waals surface area (Å²) in [6.07, 6.45) is 0.942. The van der Waals surface area contributed by atoms with Gasteiger partial charge in [0.1, 0.15) is 5.82 Å². The number of benzene rings is 1. The minimum atomic E-state index is -3.49. The first kappa shape index (κ1) is 15.1. The molecule has 2 unspecified atom stereocenters. The Hall–Kier alpha value is -0.940. The SMILES string of the molecule is CCCNC(C)C(C)S(=O)(=O)c1cccc(F)c1. The van der Waals surface area contributed by atoms with Crippen LogP contribution in [0.4, 0.5) is 4.39 Å². The zero-order valence-electron chi connectivity index (χ0n) is 11.0. The van der Waals surface area contributed by atoms with Crippen molar-refractivity contribution in [3.05, 3.63) is 30.1 Å². The Morgan fingerprint density at radius 1 is 1.33 bits per heavy atom. The number of halogens is 1. The van der Waals surface area contributed by atoms with Crippen molar-refractivity contribution < 1.29 is 12.8 Å². The summed E-state index contributed by atoms with van der Waals surface area (Å²) in [5, 5.41) is 2.56. The maximum absolute atomic E-state index is 13.1. The summed E-state index contributed by atoms with van der Waals surface area (Å²) in [7, 11) is -3.49. The summed E-state index contributed by atoms with van der Waals surface area (Å²) in [6, 6.07) is 4.99. The van der Waals surface area contributed by atoms with E-state index in [1.54, 1.807) is 6.92 Å². The summed E-state index contributed by atoms with van der Waals surface area (Å²) >= 11 is 0. The molecule has 0 spiro atoms. The van der Waals surface area contributed by atoms with Crippen molar-refractivity contribution in [1.82, 2.24) is 5.32 Å². The highest BCUT2D eigenvalue weighted by Gasteiger charge is 2.28. The van der Waals surface area contributed by atoms with Crippen molar-refractivity contribution in [2.75, 3.05) is 6.54 Å². The highest BCUT2D eigenvalue weighted by atomic mass is 32.2. The summed E-state index contributed by atoms with van der Waals surface area (Å²) in [4.78, 5) is 0.0418. The molecule has 0 saturated heterocycles. The van der Waals surface area contributed by atoms with Gasteiger partial charge in [-0.05, 0) is 45.0 Å². The van der Waals surface area contributed by atoms with Crippen molar-refractivity contribution in [2.24, 2.45) is 0 Å². The third-order valence-corrected chi connectivity index (χ3v) is 5.33. The molecular weight excluding hydrogens is 253 g/mol. The molecular formula is C13H20FNO2S. The summed E-state index contributed by atoms with van der Waals surface area (Å²) in [5.41, 5.74) is 0. The van der Waals surface area contributed by atoms with Gasteiger partial charge in [0.05, 0.1) is 10.1 Å². The second kappa shape index (κ2) is 6.29. The van der Waals surface area contributed by atoms with Crippen LogP contribution < -0.4 is 5.32 Å². The van der Waals surface area contributed by atoms with E-state index >= 15 is 0 Å². The molecule has 1 aromatic rings. The van der Waals surface area contributed by atoms with E-state index in [-0.39, 0.29) is 10.9 Å². The fourth-order valence-corrected chi connectivity index (χ4v) is 3.27. The van der Waals surface area contributed by atoms with E-state index in [9.17, 15) is 12.8 Å². The molecule has 0 aliphatic heterocycles. The number of rotatable bonds is 6. The van der Waals surface area contributed by atoms with Gasteiger partial charge in [0.2, 0.25) is 0 Å². The highest BCUT2D eigenvalue weighted by Crippen LogP contribution is 2.19. The van der Waals surface area contributed by atoms with Crippen molar-refractivity contribution >= 4 is 9.84 Å². The van der Waals surface area contributed by atoms with E-state index in [0.717, 1.165) is 19.0 Å². The smallest absolute Gasteiger partial charge is 0.182 e. The Balaban J connectivity index is 2.92. The van der Waals surface area contributed by atoms with Gasteiger partial charge in [-0.1, -0.05) is 13.0 Å². The van der Waals surface area contributed by atoms with Crippen LogP contribution in [0.5, 0.6) is 0 Å². The average molecular weight is 273 g/mol. The fourth-order valence-electron chi connectivity index (χ4n) is 1.67. The zero-order valence-corrected chi connectivity index (χ0v) is 11.8. The third kappa shape index (κ3) is 3.53. The predicted molar refractivity (Wildman–Crippen MR) is 70.8 cm³/mol. The molecule has 1 N–H and O–H groups in total. The summed E-state index contributed by atoms with van der Waals surface area (Å²) in [6.45, 7) is 6.26. The van der Waals surface area contributed by atoms with Gasteiger partial charge in [0, 0.05) is 6.04 Å². The van der Waals surface area contributed by atoms with Crippen molar-refractivity contribution in [1.29, 1.82) is 0 Å². The summed E-state index contributed by atoms with van der Waals surface area (Å²) in [5.74, 6) is -0.530. The average Bonchev–Trinajstić information content (AvgIpc) is 2.34. The lowest BCUT2D eigenvalue weighted by atomic mass is 10.2. The minimum Gasteiger partial charge on any atom is -0.313 e. The highest BCUT2D eigenvalue weighted by molar-refractivity contribution is 7.92. The van der Waals surface area contributed by atoms with E-state index in [4.69, 9.17) is 0 Å². The van der Waals surface area contributed by atoms with Crippen molar-refractivity contribution in [3.8, 4) is 0 Å². The Labute approximate surface area is 108 Å². The van der Waals surface area contributed by atoms with Crippen molar-refractivity contribution in [3.63, 3.8) is 0 Å². The molecule has 0 aromatic heterocycles. The van der Waals surface area contributed by atoms with Gasteiger partial charge in [-0.25, -0.2) is 12.8 Å². The number of sulfone groups is 1. The predicted octanol–water partition coefficient (Wildman–Crippen LogP) is 2.38. The topological polar surface area (TPSA) is 46.2 Å². The molecule has 0 fully saturated rings. The monoisotopic (exact) mass is 273 g/mol. The molecule has 3 nitrogen and oxygen atoms in total. The van der Waals surface area contributed by atoms with E-state index in [1.807, 2.05) is 13.8 Å². The lowest BCUT2D eigenvalue weighted by molar-refractivity contribution is 0.508. The number of hydrogen-bond donors (Lipinski definition) is 1. The molecule has 0 heterocycles. The van der Waals surface area contributed by atoms with Gasteiger partial charge in [-0.2, -0.15) is 0 Å². The first-order valence-electron chi connectivity index (χ1n) is 6.12. The third-order valence-electron chi connectivity index (χ3n) is 3.03. The van der Waals surface area contributed by atoms with E-state index in [1.165, 1.54) is 18.2 Å². The molecule has 2 atom stereocenters. The van der Waals surface area contributed by atoms with Gasteiger partial charge in [0.15, 0.2) is 9.84 Å². The van der Waals surface area contributed by atoms with Gasteiger partial charge in [0.25, 0.3) is 0 Å². The maximum atomic E-state index is 13.1. The normalized spacial score (nSPS) is 15.3. The Morgan fingerprint density at radius 3 is 2.56 bits per heavy atom. The second-order valence-corrected chi connectivity index (χ2v) is 6.76. The zero-order chi connectivity index (χ0) is 13.8. The molecule has 1 rings (SSSR count). The van der Waals surface area contributed by atoms with Crippen LogP contribution in [-0.4, -0.2) is 26.3 Å². The standard InChI is InChI=1S/C13H20FNO2S/c1-4-8-15-10(2)11(3)18(16,17)13-7-5-6-12(14)9-13/h5-7,9-11,15H,4,8H2,1-3H3. The molecule has 1 aromatic carbocycles. The quantitative estimate of drug-likeness (QED) is 0.865. The second-order valence-electron chi connectivity index (χ2n) is 4.45. The number of hydrogen-bond acceptors (Lipinski definition) is 3. The fraction of sp³-hybridized carbons (Fsp3) is 0.538. The molecule has 0 amide bonds. The van der Waals surface area contributed by atoms with Crippen LogP contribution in [0.1, 0.15) is 27.2 Å². The molecule has 0 aliphatic carbocycles. The van der Waals surface area contributed by atoms with Crippen LogP contribution in [0.2, 0.25) is 0 Å². The Morgan fingerprint density at radius 2 is 2.00 bits per heavy atom. The van der Waals surface area contributed by atoms with Crippen molar-refractivity contribution in [2.45, 2.75) is 43.4 Å². The Bertz CT molecular complexity index is 488. The Kier molecular flexibility index (Phi) is 5.28. The first-order valence-corrected chi connectivity index (χ1v) is 7.67. The molecule has 102 valence electrons. The van der Waals surface area contributed by atoms with Crippen LogP contribution in [0, 0.1) is 5.82 Å². The van der Waals surface area contributed by atoms with E-state index in [0.29, 0.717) is 0 Å². The summed E-state index contributed by atoms with van der Waals surface area (Å²) < 4.78 is 37.6. The maximum Gasteiger partial charge on any atom is 0.182 e. The van der Waals surface area contributed by atoms with Gasteiger partial charge >= 0.3 is 0 Å². The van der Waals surface area contributed by atoms with Crippen LogP contribution in [0.25, 0.3) is 0 Å². The molecule has 0 saturated carbocycles. The first-order chi connectivity index (χ1) is 8.39. The van der Waals surface area contributed by atoms with Gasteiger partial charge in [-0.3, -0.25) is 0 Å². The molecule has 5 heteroatoms. The van der Waals surface area contributed by atoms with Crippen LogP contribution in [0.3, 0.4) is 0 Å². The van der Waals surface area contributed by atoms with Crippen LogP contribution in [-0.2, 0) is 9.84 Å². The molecule has 0 radical (unpaired) electrons. The number of nitrogens with one attached hydrogen (secondary N) is 1. The van der Waals surface area contributed by atoms with Gasteiger partial charge in [-0.15, -0.1) is 0 Å². The van der Waals surface area contributed by atoms with E-state index in [2.05, 4.69) is 5.32 Å². The van der Waals surface area contributed by atoms with E-state index < -0.39 is 20.9 Å². The van der Waals surface area contributed by atoms with Crippen LogP contribution >= 0.6 is 0 Å². The molecule has 0 bridgehead atoms. The minimum absolute atomic E-state index is 0.0418. The van der Waals surface area contributed by atoms with Crippen LogP contribution in [0.15, 0.2) is 29.2 Å². The lowest BCUT2D eigenvalue weighted by Crippen LogP contribution is -2.40. The molecule has 18 heavy (non-hydrogen) atoms.